The van der Waals surface area contributed by atoms with Crippen LogP contribution in [0, 0.1) is 24.7 Å². The Morgan fingerprint density at radius 3 is 2.30 bits per heavy atom. The lowest BCUT2D eigenvalue weighted by molar-refractivity contribution is 0.0505. The normalized spacial score (nSPS) is 18.1. The Morgan fingerprint density at radius 2 is 1.70 bits per heavy atom. The number of benzene rings is 2. The van der Waals surface area contributed by atoms with Crippen LogP contribution in [0.25, 0.3) is 11.3 Å². The molecule has 13 heteroatoms. The van der Waals surface area contributed by atoms with Gasteiger partial charge in [-0.3, -0.25) is 4.79 Å². The summed E-state index contributed by atoms with van der Waals surface area (Å²) in [6, 6.07) is 13.2. The van der Waals surface area contributed by atoms with Crippen molar-refractivity contribution in [2.24, 2.45) is 10.8 Å². The topological polar surface area (TPSA) is 140 Å². The number of nitrogens with zero attached hydrogens (tertiary/aromatic N) is 6. The fourth-order valence-corrected chi connectivity index (χ4v) is 7.61. The highest BCUT2D eigenvalue weighted by molar-refractivity contribution is 7.92. The van der Waals surface area contributed by atoms with Gasteiger partial charge in [-0.25, -0.2) is 28.1 Å². The highest BCUT2D eigenvalue weighted by Gasteiger charge is 2.33. The first kappa shape index (κ1) is 39.6. The summed E-state index contributed by atoms with van der Waals surface area (Å²) in [7, 11) is -2.49. The minimum atomic E-state index is -4.17. The van der Waals surface area contributed by atoms with E-state index in [0.717, 1.165) is 48.5 Å². The van der Waals surface area contributed by atoms with Crippen molar-refractivity contribution in [3.63, 3.8) is 0 Å². The summed E-state index contributed by atoms with van der Waals surface area (Å²) in [5, 5.41) is 0. The van der Waals surface area contributed by atoms with E-state index in [1.165, 1.54) is 12.1 Å². The molecule has 4 bridgehead atoms. The minimum absolute atomic E-state index is 0. The fourth-order valence-electron chi connectivity index (χ4n) is 6.62. The van der Waals surface area contributed by atoms with Crippen molar-refractivity contribution >= 4 is 27.6 Å². The zero-order chi connectivity index (χ0) is 38.6. The van der Waals surface area contributed by atoms with Crippen molar-refractivity contribution in [2.75, 3.05) is 43.0 Å². The molecular weight excluding hydrogens is 691 g/mol. The van der Waals surface area contributed by atoms with E-state index >= 15 is 0 Å². The third kappa shape index (κ3) is 10.1. The van der Waals surface area contributed by atoms with Crippen molar-refractivity contribution in [3.8, 4) is 17.1 Å². The van der Waals surface area contributed by atoms with Crippen LogP contribution in [-0.2, 0) is 21.3 Å². The second-order valence-electron chi connectivity index (χ2n) is 15.7. The molecule has 1 atom stereocenters. The van der Waals surface area contributed by atoms with E-state index in [-0.39, 0.29) is 53.6 Å². The fraction of sp³-hybridized carbons (Fsp3) is 0.475. The molecule has 53 heavy (non-hydrogen) atoms. The van der Waals surface area contributed by atoms with E-state index in [2.05, 4.69) is 58.9 Å². The molecule has 6 rings (SSSR count). The number of carbonyl (C=O) groups excluding carboxylic acids is 1. The number of hydrogen-bond donors (Lipinski definition) is 1. The van der Waals surface area contributed by atoms with Crippen LogP contribution in [0.5, 0.6) is 5.88 Å². The lowest BCUT2D eigenvalue weighted by Crippen LogP contribution is -2.45. The average molecular weight is 746 g/mol. The van der Waals surface area contributed by atoms with Crippen LogP contribution >= 0.6 is 0 Å². The number of aromatic nitrogens is 4. The maximum Gasteiger partial charge on any atom is 0.264 e. The molecule has 2 aromatic heterocycles. The highest BCUT2D eigenvalue weighted by atomic mass is 32.2. The summed E-state index contributed by atoms with van der Waals surface area (Å²) in [6.07, 6.45) is 5.31. The third-order valence-corrected chi connectivity index (χ3v) is 10.7. The number of carbonyl (C=O) groups is 1. The Kier molecular flexibility index (Phi) is 12.1. The van der Waals surface area contributed by atoms with E-state index < -0.39 is 16.1 Å². The minimum Gasteiger partial charge on any atom is -0.475 e. The quantitative estimate of drug-likeness (QED) is 0.214. The molecule has 4 heterocycles. The molecule has 0 spiro atoms. The zero-order valence-corrected chi connectivity index (χ0v) is 33.2. The van der Waals surface area contributed by atoms with Gasteiger partial charge in [0, 0.05) is 45.4 Å². The smallest absolute Gasteiger partial charge is 0.264 e. The van der Waals surface area contributed by atoms with Gasteiger partial charge in [-0.1, -0.05) is 58.9 Å². The molecule has 2 aliphatic rings. The number of nitrogens with one attached hydrogen (secondary N) is 1. The van der Waals surface area contributed by atoms with Crippen molar-refractivity contribution in [3.05, 3.63) is 83.4 Å². The van der Waals surface area contributed by atoms with Crippen LogP contribution in [0.2, 0.25) is 0 Å². The molecular formula is C40H55N7O5S. The van der Waals surface area contributed by atoms with Gasteiger partial charge in [0.15, 0.2) is 0 Å². The number of sulfonamides is 1. The number of fused-ring (bicyclic) bond motifs is 4. The molecule has 12 nitrogen and oxygen atoms in total. The van der Waals surface area contributed by atoms with Crippen molar-refractivity contribution in [1.82, 2.24) is 24.8 Å². The number of methoxy groups -OCH3 is 1. The molecule has 2 aromatic carbocycles. The first-order valence-electron chi connectivity index (χ1n) is 18.1. The maximum absolute atomic E-state index is 14.4. The molecule has 0 aliphatic carbocycles. The van der Waals surface area contributed by atoms with Crippen molar-refractivity contribution in [1.29, 1.82) is 0 Å². The van der Waals surface area contributed by atoms with Crippen molar-refractivity contribution in [2.45, 2.75) is 85.7 Å². The molecule has 0 radical (unpaired) electrons. The van der Waals surface area contributed by atoms with Gasteiger partial charge in [-0.15, -0.1) is 0 Å². The standard InChI is InChI=1S/C37H45N7O4S.C3H8O.H2/c1-24-10-8-11-25(2)33(24)30-17-32-41-35(40-30)42-49(46,47)29-13-9-12-26(16-29)34(45)44(27(22-48-32)18-36(3,4)5)21-31-38-19-28(20-39-31)43-15-14-37(6,7)23-43;1-3-4-2;/h8-13,16-17,19-20,27H,14-15,18,21-23H2,1-7H3,(H,40,41,42);3H2,1-2H3;1H/t27-;;/m1../s1. The second-order valence-corrected chi connectivity index (χ2v) is 17.4. The first-order valence-corrected chi connectivity index (χ1v) is 19.5. The van der Waals surface area contributed by atoms with E-state index in [9.17, 15) is 13.2 Å². The number of ether oxygens (including phenoxy) is 2. The Hall–Kier alpha value is -4.62. The Morgan fingerprint density at radius 1 is 1.04 bits per heavy atom. The highest BCUT2D eigenvalue weighted by Crippen LogP contribution is 2.33. The molecule has 2 aliphatic heterocycles. The van der Waals surface area contributed by atoms with Crippen LogP contribution < -0.4 is 14.4 Å². The van der Waals surface area contributed by atoms with E-state index in [4.69, 9.17) is 14.7 Å². The largest absolute Gasteiger partial charge is 0.475 e. The predicted molar refractivity (Wildman–Crippen MR) is 210 cm³/mol. The number of hydrogen-bond acceptors (Lipinski definition) is 10. The predicted octanol–water partition coefficient (Wildman–Crippen LogP) is 7.33. The van der Waals surface area contributed by atoms with Crippen LogP contribution in [0.4, 0.5) is 11.6 Å². The molecule has 286 valence electrons. The van der Waals surface area contributed by atoms with Crippen molar-refractivity contribution < 1.29 is 24.1 Å². The number of rotatable bonds is 6. The van der Waals surface area contributed by atoms with Crippen LogP contribution in [0.1, 0.15) is 83.1 Å². The summed E-state index contributed by atoms with van der Waals surface area (Å²) in [5.41, 5.74) is 4.55. The third-order valence-electron chi connectivity index (χ3n) is 9.36. The summed E-state index contributed by atoms with van der Waals surface area (Å²) >= 11 is 0. The number of aryl methyl sites for hydroxylation is 2. The molecule has 4 aromatic rings. The van der Waals surface area contributed by atoms with Crippen LogP contribution in [0.3, 0.4) is 0 Å². The van der Waals surface area contributed by atoms with E-state index in [0.29, 0.717) is 17.9 Å². The van der Waals surface area contributed by atoms with Gasteiger partial charge < -0.3 is 19.3 Å². The molecule has 1 amide bonds. The first-order chi connectivity index (χ1) is 25.0. The van der Waals surface area contributed by atoms with Crippen LogP contribution in [-0.4, -0.2) is 78.6 Å². The molecule has 0 unspecified atom stereocenters. The van der Waals surface area contributed by atoms with Crippen LogP contribution in [0.15, 0.2) is 65.8 Å². The molecule has 0 saturated carbocycles. The molecule has 1 N–H and O–H groups in total. The van der Waals surface area contributed by atoms with E-state index in [1.54, 1.807) is 30.2 Å². The summed E-state index contributed by atoms with van der Waals surface area (Å²) < 4.78 is 40.8. The maximum atomic E-state index is 14.4. The van der Waals surface area contributed by atoms with Gasteiger partial charge in [-0.2, -0.15) is 4.98 Å². The van der Waals surface area contributed by atoms with Gasteiger partial charge in [-0.05, 0) is 73.8 Å². The second kappa shape index (κ2) is 16.2. The lowest BCUT2D eigenvalue weighted by atomic mass is 9.87. The SMILES string of the molecule is CCOC.Cc1cccc(C)c1-c1cc2nc(n1)NS(=O)(=O)c1cccc(c1)C(=O)N(Cc1ncc(N3CCC(C)(C)C3)cn1)[C@H](CC(C)(C)C)CO2.[HH]. The zero-order valence-electron chi connectivity index (χ0n) is 32.4. The summed E-state index contributed by atoms with van der Waals surface area (Å²) in [4.78, 5) is 36.8. The monoisotopic (exact) mass is 745 g/mol. The van der Waals surface area contributed by atoms with Gasteiger partial charge in [0.2, 0.25) is 11.8 Å². The van der Waals surface area contributed by atoms with Gasteiger partial charge in [0.05, 0.1) is 41.3 Å². The number of anilines is 2. The summed E-state index contributed by atoms with van der Waals surface area (Å²) in [5.74, 6) is 0.199. The lowest BCUT2D eigenvalue weighted by Gasteiger charge is -2.35. The van der Waals surface area contributed by atoms with Gasteiger partial charge in [0.25, 0.3) is 15.9 Å². The molecule has 1 saturated heterocycles. The van der Waals surface area contributed by atoms with E-state index in [1.807, 2.05) is 51.4 Å². The average Bonchev–Trinajstić information content (AvgIpc) is 3.47. The Balaban J connectivity index is 0.00000124. The van der Waals surface area contributed by atoms with Gasteiger partial charge >= 0.3 is 0 Å². The Bertz CT molecular complexity index is 2000. The Labute approximate surface area is 315 Å². The molecule has 1 fully saturated rings. The number of amides is 1. The van der Waals surface area contributed by atoms with Gasteiger partial charge in [0.1, 0.15) is 12.4 Å². The summed E-state index contributed by atoms with van der Waals surface area (Å²) in [6.45, 7) is 19.6.